The molecule has 0 saturated carbocycles. The van der Waals surface area contributed by atoms with E-state index in [-0.39, 0.29) is 11.2 Å². The first-order valence-electron chi connectivity index (χ1n) is 8.30. The molecule has 1 aliphatic carbocycles. The Labute approximate surface area is 144 Å². The molecule has 0 fully saturated rings. The lowest BCUT2D eigenvalue weighted by atomic mass is 9.70. The zero-order chi connectivity index (χ0) is 17.8. The van der Waals surface area contributed by atoms with E-state index in [1.54, 1.807) is 0 Å². The summed E-state index contributed by atoms with van der Waals surface area (Å²) in [7, 11) is 0. The van der Waals surface area contributed by atoms with Crippen LogP contribution < -0.4 is 16.6 Å². The molecule has 4 rings (SSSR count). The van der Waals surface area contributed by atoms with Crippen LogP contribution in [0.5, 0.6) is 0 Å². The number of Topliss-reactive ketones (excluding diaryl/α,β-unsaturated/α-hetero) is 1. The summed E-state index contributed by atoms with van der Waals surface area (Å²) in [6.07, 6.45) is 1.12. The number of anilines is 1. The normalized spacial score (nSPS) is 21.4. The fourth-order valence-corrected chi connectivity index (χ4v) is 3.90. The number of aromatic nitrogens is 2. The molecule has 2 heterocycles. The molecule has 1 aromatic carbocycles. The number of carbonyl (C=O) groups excluding carboxylic acids is 1. The summed E-state index contributed by atoms with van der Waals surface area (Å²) in [4.78, 5) is 42.1. The van der Waals surface area contributed by atoms with Gasteiger partial charge in [-0.2, -0.15) is 0 Å². The van der Waals surface area contributed by atoms with Crippen molar-refractivity contribution in [3.8, 4) is 0 Å². The van der Waals surface area contributed by atoms with Gasteiger partial charge < -0.3 is 10.3 Å². The zero-order valence-electron chi connectivity index (χ0n) is 14.1. The smallest absolute Gasteiger partial charge is 0.326 e. The molecule has 0 radical (unpaired) electrons. The average Bonchev–Trinajstić information content (AvgIpc) is 2.53. The van der Waals surface area contributed by atoms with Crippen molar-refractivity contribution in [2.75, 3.05) is 5.32 Å². The van der Waals surface area contributed by atoms with Gasteiger partial charge in [0.05, 0.1) is 11.6 Å². The van der Waals surface area contributed by atoms with Gasteiger partial charge in [-0.05, 0) is 17.4 Å². The van der Waals surface area contributed by atoms with E-state index in [2.05, 4.69) is 15.3 Å². The van der Waals surface area contributed by atoms with Gasteiger partial charge in [0.2, 0.25) is 0 Å². The quantitative estimate of drug-likeness (QED) is 0.744. The Hall–Kier alpha value is -2.89. The average molecular weight is 337 g/mol. The van der Waals surface area contributed by atoms with Gasteiger partial charge >= 0.3 is 5.69 Å². The first kappa shape index (κ1) is 15.6. The Balaban J connectivity index is 2.01. The molecule has 1 aromatic heterocycles. The highest BCUT2D eigenvalue weighted by Gasteiger charge is 2.41. The molecular formula is C19H19N3O3. The monoisotopic (exact) mass is 337 g/mol. The van der Waals surface area contributed by atoms with Crippen LogP contribution in [0.4, 0.5) is 5.69 Å². The van der Waals surface area contributed by atoms with Crippen LogP contribution in [0.15, 0.2) is 51.2 Å². The minimum absolute atomic E-state index is 0.0550. The molecule has 0 saturated heterocycles. The lowest BCUT2D eigenvalue weighted by Gasteiger charge is -2.38. The number of ketones is 1. The molecular weight excluding hydrogens is 318 g/mol. The lowest BCUT2D eigenvalue weighted by molar-refractivity contribution is -0.118. The molecule has 6 nitrogen and oxygen atoms in total. The molecule has 6 heteroatoms. The molecule has 1 atom stereocenters. The second kappa shape index (κ2) is 5.31. The predicted molar refractivity (Wildman–Crippen MR) is 94.6 cm³/mol. The third-order valence-corrected chi connectivity index (χ3v) is 4.88. The maximum Gasteiger partial charge on any atom is 0.326 e. The van der Waals surface area contributed by atoms with E-state index in [1.165, 1.54) is 0 Å². The molecule has 2 aromatic rings. The number of hydrogen-bond acceptors (Lipinski definition) is 4. The van der Waals surface area contributed by atoms with Crippen LogP contribution in [0, 0.1) is 5.41 Å². The zero-order valence-corrected chi connectivity index (χ0v) is 14.1. The van der Waals surface area contributed by atoms with Crippen LogP contribution in [0.1, 0.15) is 43.9 Å². The number of carbonyl (C=O) groups is 1. The number of allylic oxidation sites excluding steroid dienone is 2. The molecule has 1 unspecified atom stereocenters. The van der Waals surface area contributed by atoms with Crippen molar-refractivity contribution in [2.45, 2.75) is 32.6 Å². The van der Waals surface area contributed by atoms with E-state index >= 15 is 0 Å². The highest BCUT2D eigenvalue weighted by atomic mass is 16.2. The molecule has 25 heavy (non-hydrogen) atoms. The summed E-state index contributed by atoms with van der Waals surface area (Å²) in [6.45, 7) is 4.08. The van der Waals surface area contributed by atoms with Crippen molar-refractivity contribution < 1.29 is 4.79 Å². The molecule has 128 valence electrons. The largest absolute Gasteiger partial charge is 0.353 e. The van der Waals surface area contributed by atoms with Crippen molar-refractivity contribution in [3.05, 3.63) is 73.7 Å². The van der Waals surface area contributed by atoms with Crippen molar-refractivity contribution in [3.63, 3.8) is 0 Å². The maximum absolute atomic E-state index is 12.9. The van der Waals surface area contributed by atoms with E-state index in [0.29, 0.717) is 29.8 Å². The summed E-state index contributed by atoms with van der Waals surface area (Å²) >= 11 is 0. The van der Waals surface area contributed by atoms with Crippen molar-refractivity contribution in [2.24, 2.45) is 5.41 Å². The van der Waals surface area contributed by atoms with E-state index in [1.807, 2.05) is 44.2 Å². The van der Waals surface area contributed by atoms with E-state index in [9.17, 15) is 14.4 Å². The fraction of sp³-hybridized carbons (Fsp3) is 0.316. The van der Waals surface area contributed by atoms with Gasteiger partial charge in [-0.15, -0.1) is 0 Å². The fourth-order valence-electron chi connectivity index (χ4n) is 3.90. The molecule has 2 aliphatic rings. The number of rotatable bonds is 1. The van der Waals surface area contributed by atoms with Crippen LogP contribution in [-0.4, -0.2) is 15.8 Å². The van der Waals surface area contributed by atoms with Gasteiger partial charge in [-0.3, -0.25) is 14.6 Å². The number of benzene rings is 1. The lowest BCUT2D eigenvalue weighted by Crippen LogP contribution is -2.38. The Kier molecular flexibility index (Phi) is 3.32. The van der Waals surface area contributed by atoms with Crippen molar-refractivity contribution in [1.82, 2.24) is 9.97 Å². The highest BCUT2D eigenvalue weighted by molar-refractivity contribution is 6.01. The number of aromatic amines is 2. The predicted octanol–water partition coefficient (Wildman–Crippen LogP) is 2.26. The first-order chi connectivity index (χ1) is 11.9. The topological polar surface area (TPSA) is 94.8 Å². The number of fused-ring (bicyclic) bond motifs is 1. The Morgan fingerprint density at radius 3 is 2.44 bits per heavy atom. The Bertz CT molecular complexity index is 1010. The standard InChI is InChI=1S/C19H19N3O3/c1-19(2)8-11-14(12(23)9-19)13(10-6-4-3-5-7-10)15-16(20-11)17(24)22-18(25)21-15/h3-7,13,20H,8-9H2,1-2H3,(H2,21,22,24,25). The van der Waals surface area contributed by atoms with Crippen molar-refractivity contribution in [1.29, 1.82) is 0 Å². The Morgan fingerprint density at radius 2 is 1.72 bits per heavy atom. The van der Waals surface area contributed by atoms with E-state index in [4.69, 9.17) is 0 Å². The van der Waals surface area contributed by atoms with Gasteiger partial charge in [0.25, 0.3) is 5.56 Å². The summed E-state index contributed by atoms with van der Waals surface area (Å²) in [6, 6.07) is 9.50. The van der Waals surface area contributed by atoms with Gasteiger partial charge in [0, 0.05) is 17.7 Å². The third kappa shape index (κ3) is 2.54. The van der Waals surface area contributed by atoms with Gasteiger partial charge in [0.15, 0.2) is 5.78 Å². The third-order valence-electron chi connectivity index (χ3n) is 4.88. The van der Waals surface area contributed by atoms with E-state index < -0.39 is 17.2 Å². The molecule has 0 amide bonds. The highest BCUT2D eigenvalue weighted by Crippen LogP contribution is 2.47. The van der Waals surface area contributed by atoms with Crippen LogP contribution in [0.3, 0.4) is 0 Å². The molecule has 1 aliphatic heterocycles. The molecule has 0 spiro atoms. The van der Waals surface area contributed by atoms with Gasteiger partial charge in [-0.25, -0.2) is 4.79 Å². The second-order valence-electron chi connectivity index (χ2n) is 7.50. The summed E-state index contributed by atoms with van der Waals surface area (Å²) in [5, 5.41) is 3.13. The molecule has 0 bridgehead atoms. The summed E-state index contributed by atoms with van der Waals surface area (Å²) in [5.41, 5.74) is 1.87. The second-order valence-corrected chi connectivity index (χ2v) is 7.50. The first-order valence-corrected chi connectivity index (χ1v) is 8.30. The summed E-state index contributed by atoms with van der Waals surface area (Å²) in [5.74, 6) is -0.384. The minimum atomic E-state index is -0.570. The van der Waals surface area contributed by atoms with Crippen LogP contribution in [-0.2, 0) is 4.79 Å². The van der Waals surface area contributed by atoms with Gasteiger partial charge in [0.1, 0.15) is 5.69 Å². The minimum Gasteiger partial charge on any atom is -0.353 e. The number of H-pyrrole nitrogens is 2. The summed E-state index contributed by atoms with van der Waals surface area (Å²) < 4.78 is 0. The Morgan fingerprint density at radius 1 is 1.00 bits per heavy atom. The van der Waals surface area contributed by atoms with Gasteiger partial charge in [-0.1, -0.05) is 44.2 Å². The number of nitrogens with one attached hydrogen (secondary N) is 3. The number of hydrogen-bond donors (Lipinski definition) is 3. The van der Waals surface area contributed by atoms with Crippen molar-refractivity contribution >= 4 is 11.5 Å². The molecule has 3 N–H and O–H groups in total. The SMILES string of the molecule is CC1(C)CC(=O)C2=C(C1)Nc1c([nH]c(=O)[nH]c1=O)C2c1ccccc1. The maximum atomic E-state index is 12.9. The van der Waals surface area contributed by atoms with Crippen LogP contribution in [0.25, 0.3) is 0 Å². The van der Waals surface area contributed by atoms with Crippen LogP contribution >= 0.6 is 0 Å². The van der Waals surface area contributed by atoms with E-state index in [0.717, 1.165) is 11.3 Å². The van der Waals surface area contributed by atoms with Crippen LogP contribution in [0.2, 0.25) is 0 Å².